The van der Waals surface area contributed by atoms with Gasteiger partial charge in [0.25, 0.3) is 5.91 Å². The number of piperidine rings is 1. The van der Waals surface area contributed by atoms with Gasteiger partial charge in [0.2, 0.25) is 5.91 Å². The summed E-state index contributed by atoms with van der Waals surface area (Å²) in [5.41, 5.74) is 1.48. The number of hydrogen-bond acceptors (Lipinski definition) is 3. The fourth-order valence-electron chi connectivity index (χ4n) is 3.55. The van der Waals surface area contributed by atoms with Crippen LogP contribution in [0.15, 0.2) is 29.4 Å². The van der Waals surface area contributed by atoms with Gasteiger partial charge >= 0.3 is 0 Å². The van der Waals surface area contributed by atoms with Crippen molar-refractivity contribution in [2.45, 2.75) is 38.5 Å². The van der Waals surface area contributed by atoms with Crippen LogP contribution in [0.1, 0.15) is 37.7 Å². The maximum atomic E-state index is 13.3. The van der Waals surface area contributed by atoms with Crippen molar-refractivity contribution in [2.24, 2.45) is 11.0 Å². The van der Waals surface area contributed by atoms with Crippen LogP contribution in [0, 0.1) is 11.7 Å². The Hall–Kier alpha value is -2.24. The summed E-state index contributed by atoms with van der Waals surface area (Å²) in [6.07, 6.45) is 4.59. The Labute approximate surface area is 147 Å². The third-order valence-electron chi connectivity index (χ3n) is 4.99. The molecule has 0 saturated carbocycles. The Morgan fingerprint density at radius 2 is 2.20 bits per heavy atom. The molecule has 5 nitrogen and oxygen atoms in total. The van der Waals surface area contributed by atoms with Gasteiger partial charge in [0.05, 0.1) is 0 Å². The van der Waals surface area contributed by atoms with Crippen LogP contribution >= 0.6 is 0 Å². The summed E-state index contributed by atoms with van der Waals surface area (Å²) in [5, 5.41) is 5.40. The minimum atomic E-state index is -0.202. The van der Waals surface area contributed by atoms with Crippen LogP contribution in [0.2, 0.25) is 0 Å². The van der Waals surface area contributed by atoms with E-state index in [4.69, 9.17) is 0 Å². The summed E-state index contributed by atoms with van der Waals surface area (Å²) in [5.74, 6) is 0.120. The zero-order valence-electron chi connectivity index (χ0n) is 14.6. The third kappa shape index (κ3) is 4.44. The van der Waals surface area contributed by atoms with Crippen molar-refractivity contribution >= 4 is 17.5 Å². The molecule has 2 amide bonds. The molecular weight excluding hydrogens is 321 g/mol. The van der Waals surface area contributed by atoms with E-state index in [2.05, 4.69) is 5.10 Å². The molecule has 0 unspecified atom stereocenters. The number of carbonyl (C=O) groups is 2. The van der Waals surface area contributed by atoms with Gasteiger partial charge in [-0.05, 0) is 49.3 Å². The van der Waals surface area contributed by atoms with Crippen LogP contribution in [-0.4, -0.2) is 47.6 Å². The molecule has 1 fully saturated rings. The van der Waals surface area contributed by atoms with Gasteiger partial charge in [-0.25, -0.2) is 9.40 Å². The second-order valence-corrected chi connectivity index (χ2v) is 6.89. The third-order valence-corrected chi connectivity index (χ3v) is 4.99. The first-order chi connectivity index (χ1) is 12.0. The molecule has 3 rings (SSSR count). The van der Waals surface area contributed by atoms with Gasteiger partial charge in [-0.15, -0.1) is 0 Å². The number of rotatable bonds is 4. The lowest BCUT2D eigenvalue weighted by atomic mass is 9.91. The number of likely N-dealkylation sites (tertiary alicyclic amines) is 1. The fraction of sp³-hybridized carbons (Fsp3) is 0.526. The predicted octanol–water partition coefficient (Wildman–Crippen LogP) is 2.61. The van der Waals surface area contributed by atoms with Crippen LogP contribution in [0.5, 0.6) is 0 Å². The second kappa shape index (κ2) is 7.76. The maximum Gasteiger partial charge on any atom is 0.270 e. The lowest BCUT2D eigenvalue weighted by molar-refractivity contribution is -0.131. The summed E-state index contributed by atoms with van der Waals surface area (Å²) >= 11 is 0. The van der Waals surface area contributed by atoms with Gasteiger partial charge in [-0.2, -0.15) is 5.10 Å². The molecule has 1 saturated heterocycles. The normalized spacial score (nSPS) is 21.3. The van der Waals surface area contributed by atoms with Crippen LogP contribution in [0.4, 0.5) is 4.39 Å². The summed E-state index contributed by atoms with van der Waals surface area (Å²) in [7, 11) is 1.59. The number of aryl methyl sites for hydroxylation is 1. The largest absolute Gasteiger partial charge is 0.337 e. The summed E-state index contributed by atoms with van der Waals surface area (Å²) in [6, 6.07) is 6.71. The number of hydrogen-bond donors (Lipinski definition) is 0. The average molecular weight is 345 g/mol. The van der Waals surface area contributed by atoms with Gasteiger partial charge in [-0.3, -0.25) is 9.59 Å². The van der Waals surface area contributed by atoms with E-state index in [9.17, 15) is 14.0 Å². The molecule has 0 bridgehead atoms. The van der Waals surface area contributed by atoms with E-state index in [1.807, 2.05) is 11.0 Å². The number of benzene rings is 1. The van der Waals surface area contributed by atoms with Crippen molar-refractivity contribution in [3.63, 3.8) is 0 Å². The predicted molar refractivity (Wildman–Crippen MR) is 93.5 cm³/mol. The highest BCUT2D eigenvalue weighted by Crippen LogP contribution is 2.23. The number of hydrazone groups is 1. The molecule has 0 N–H and O–H groups in total. The highest BCUT2D eigenvalue weighted by molar-refractivity contribution is 6.39. The molecule has 0 radical (unpaired) electrons. The molecule has 1 atom stereocenters. The van der Waals surface area contributed by atoms with Crippen molar-refractivity contribution in [2.75, 3.05) is 20.1 Å². The Morgan fingerprint density at radius 1 is 1.36 bits per heavy atom. The van der Waals surface area contributed by atoms with E-state index >= 15 is 0 Å². The average Bonchev–Trinajstić information content (AvgIpc) is 2.62. The molecule has 0 aliphatic carbocycles. The first kappa shape index (κ1) is 17.6. The molecule has 6 heteroatoms. The molecule has 134 valence electrons. The van der Waals surface area contributed by atoms with E-state index in [0.717, 1.165) is 37.8 Å². The van der Waals surface area contributed by atoms with E-state index in [1.54, 1.807) is 19.2 Å². The zero-order valence-corrected chi connectivity index (χ0v) is 14.6. The zero-order chi connectivity index (χ0) is 17.8. The monoisotopic (exact) mass is 345 g/mol. The summed E-state index contributed by atoms with van der Waals surface area (Å²) < 4.78 is 13.3. The first-order valence-corrected chi connectivity index (χ1v) is 8.90. The van der Waals surface area contributed by atoms with Crippen molar-refractivity contribution in [3.05, 3.63) is 35.6 Å². The Balaban J connectivity index is 1.56. The van der Waals surface area contributed by atoms with Gasteiger partial charge in [0, 0.05) is 33.0 Å². The molecule has 2 aliphatic heterocycles. The minimum Gasteiger partial charge on any atom is -0.337 e. The summed E-state index contributed by atoms with van der Waals surface area (Å²) in [6.45, 7) is 1.46. The van der Waals surface area contributed by atoms with Crippen LogP contribution < -0.4 is 0 Å². The van der Waals surface area contributed by atoms with Crippen molar-refractivity contribution < 1.29 is 14.0 Å². The number of carbonyl (C=O) groups excluding carboxylic acids is 2. The van der Waals surface area contributed by atoms with E-state index in [0.29, 0.717) is 31.0 Å². The second-order valence-electron chi connectivity index (χ2n) is 6.89. The van der Waals surface area contributed by atoms with E-state index < -0.39 is 0 Å². The van der Waals surface area contributed by atoms with Crippen molar-refractivity contribution in [1.29, 1.82) is 0 Å². The van der Waals surface area contributed by atoms with Crippen molar-refractivity contribution in [1.82, 2.24) is 9.91 Å². The molecule has 2 heterocycles. The molecule has 0 spiro atoms. The Morgan fingerprint density at radius 3 is 2.96 bits per heavy atom. The lowest BCUT2D eigenvalue weighted by Crippen LogP contribution is -2.45. The van der Waals surface area contributed by atoms with E-state index in [-0.39, 0.29) is 17.6 Å². The topological polar surface area (TPSA) is 53.0 Å². The molecule has 2 aliphatic rings. The van der Waals surface area contributed by atoms with Gasteiger partial charge in [-0.1, -0.05) is 12.1 Å². The smallest absolute Gasteiger partial charge is 0.270 e. The van der Waals surface area contributed by atoms with Crippen LogP contribution in [0.3, 0.4) is 0 Å². The SMILES string of the molecule is CN1N=C(C(=O)N2CCC[C@@H](CCc3cccc(F)c3)C2)CCC1=O. The minimum absolute atomic E-state index is 0.0465. The standard InChI is InChI=1S/C19H24FN3O2/c1-22-18(24)10-9-17(21-22)19(25)23-11-3-5-15(13-23)8-7-14-4-2-6-16(20)12-14/h2,4,6,12,15H,3,5,7-11,13H2,1H3/t15-/m0/s1. The maximum absolute atomic E-state index is 13.3. The van der Waals surface area contributed by atoms with Gasteiger partial charge < -0.3 is 4.90 Å². The fourth-order valence-corrected chi connectivity index (χ4v) is 3.55. The highest BCUT2D eigenvalue weighted by atomic mass is 19.1. The molecule has 1 aromatic carbocycles. The van der Waals surface area contributed by atoms with Crippen LogP contribution in [-0.2, 0) is 16.0 Å². The number of amides is 2. The van der Waals surface area contributed by atoms with Gasteiger partial charge in [0.15, 0.2) is 0 Å². The van der Waals surface area contributed by atoms with Crippen LogP contribution in [0.25, 0.3) is 0 Å². The molecular formula is C19H24FN3O2. The molecule has 1 aromatic rings. The number of halogens is 1. The van der Waals surface area contributed by atoms with Gasteiger partial charge in [0.1, 0.15) is 11.5 Å². The Kier molecular flexibility index (Phi) is 5.46. The molecule has 25 heavy (non-hydrogen) atoms. The lowest BCUT2D eigenvalue weighted by Gasteiger charge is -2.34. The molecule has 0 aromatic heterocycles. The Bertz CT molecular complexity index is 689. The number of nitrogens with zero attached hydrogens (tertiary/aromatic N) is 3. The first-order valence-electron chi connectivity index (χ1n) is 8.90. The quantitative estimate of drug-likeness (QED) is 0.842. The highest BCUT2D eigenvalue weighted by Gasteiger charge is 2.29. The van der Waals surface area contributed by atoms with Crippen molar-refractivity contribution in [3.8, 4) is 0 Å². The summed E-state index contributed by atoms with van der Waals surface area (Å²) in [4.78, 5) is 26.0. The van der Waals surface area contributed by atoms with E-state index in [1.165, 1.54) is 11.1 Å².